The molecule has 204 valence electrons. The highest BCUT2D eigenvalue weighted by molar-refractivity contribution is 6.30. The van der Waals surface area contributed by atoms with Crippen LogP contribution in [0.1, 0.15) is 54.6 Å². The van der Waals surface area contributed by atoms with Gasteiger partial charge in [-0.15, -0.1) is 0 Å². The molecule has 0 spiro atoms. The number of likely N-dealkylation sites (tertiary alicyclic amines) is 1. The lowest BCUT2D eigenvalue weighted by Gasteiger charge is -2.27. The van der Waals surface area contributed by atoms with Crippen molar-refractivity contribution in [3.63, 3.8) is 0 Å². The second kappa shape index (κ2) is 12.0. The zero-order valence-corrected chi connectivity index (χ0v) is 23.4. The third-order valence-corrected chi connectivity index (χ3v) is 7.94. The van der Waals surface area contributed by atoms with Crippen molar-refractivity contribution in [1.29, 1.82) is 0 Å². The van der Waals surface area contributed by atoms with E-state index in [0.717, 1.165) is 89.6 Å². The summed E-state index contributed by atoms with van der Waals surface area (Å²) in [4.78, 5) is 20.8. The summed E-state index contributed by atoms with van der Waals surface area (Å²) in [5, 5.41) is 11.4. The Bertz CT molecular complexity index is 1330. The Hall–Kier alpha value is -3.03. The van der Waals surface area contributed by atoms with Crippen molar-refractivity contribution in [1.82, 2.24) is 14.8 Å². The first-order chi connectivity index (χ1) is 18.8. The zero-order valence-electron chi connectivity index (χ0n) is 22.6. The van der Waals surface area contributed by atoms with Gasteiger partial charge in [-0.25, -0.2) is 0 Å². The summed E-state index contributed by atoms with van der Waals surface area (Å²) in [6.45, 7) is 8.04. The number of ether oxygens (including phenoxy) is 1. The molecule has 2 aromatic carbocycles. The molecular weight excluding hydrogens is 510 g/mol. The van der Waals surface area contributed by atoms with Crippen LogP contribution in [0, 0.1) is 0 Å². The van der Waals surface area contributed by atoms with Crippen molar-refractivity contribution in [3.8, 4) is 5.75 Å². The standard InChI is InChI=1S/C32H36ClN3O3/c1-32(2,38)24-9-12-31-29(19-24)27(28-5-3-14-34-30(28)22-39-31)6-4-15-35-16-13-26(21-35)36(17-18-37)20-23-7-10-25(33)11-8-23/h3,5-12,14,18-19,26,38H,4,13,15-17,20-22H2,1-2H3/b27-6+/t26-/m1/s1. The maximum absolute atomic E-state index is 11.4. The van der Waals surface area contributed by atoms with E-state index in [1.807, 2.05) is 48.5 Å². The van der Waals surface area contributed by atoms with Crippen LogP contribution in [-0.2, 0) is 23.5 Å². The molecule has 6 nitrogen and oxygen atoms in total. The number of halogens is 1. The summed E-state index contributed by atoms with van der Waals surface area (Å²) < 4.78 is 6.13. The number of nitrogens with zero attached hydrogens (tertiary/aromatic N) is 3. The number of rotatable bonds is 9. The van der Waals surface area contributed by atoms with Crippen LogP contribution >= 0.6 is 11.6 Å². The van der Waals surface area contributed by atoms with Crippen LogP contribution < -0.4 is 4.74 Å². The number of carbonyl (C=O) groups is 1. The number of hydrogen-bond acceptors (Lipinski definition) is 6. The van der Waals surface area contributed by atoms with Crippen LogP contribution in [0.25, 0.3) is 5.57 Å². The zero-order chi connectivity index (χ0) is 27.4. The Balaban J connectivity index is 1.31. The van der Waals surface area contributed by atoms with Crippen LogP contribution in [0.4, 0.5) is 0 Å². The molecule has 0 bridgehead atoms. The van der Waals surface area contributed by atoms with Gasteiger partial charge in [-0.05, 0) is 80.3 Å². The van der Waals surface area contributed by atoms with Crippen molar-refractivity contribution in [3.05, 3.63) is 99.8 Å². The second-order valence-electron chi connectivity index (χ2n) is 10.9. The Labute approximate surface area is 235 Å². The first-order valence-corrected chi connectivity index (χ1v) is 14.0. The molecule has 2 aliphatic heterocycles. The van der Waals surface area contributed by atoms with Crippen LogP contribution in [0.15, 0.2) is 66.9 Å². The predicted molar refractivity (Wildman–Crippen MR) is 155 cm³/mol. The van der Waals surface area contributed by atoms with Crippen molar-refractivity contribution in [2.24, 2.45) is 0 Å². The van der Waals surface area contributed by atoms with Crippen molar-refractivity contribution in [2.45, 2.75) is 51.5 Å². The topological polar surface area (TPSA) is 65.9 Å². The van der Waals surface area contributed by atoms with E-state index in [2.05, 4.69) is 26.9 Å². The fourth-order valence-corrected chi connectivity index (χ4v) is 5.65. The molecule has 2 aliphatic rings. The first-order valence-electron chi connectivity index (χ1n) is 13.6. The quantitative estimate of drug-likeness (QED) is 0.361. The van der Waals surface area contributed by atoms with Crippen LogP contribution in [0.5, 0.6) is 5.75 Å². The van der Waals surface area contributed by atoms with E-state index < -0.39 is 5.60 Å². The molecule has 5 rings (SSSR count). The van der Waals surface area contributed by atoms with Crippen molar-refractivity contribution < 1.29 is 14.6 Å². The number of aliphatic hydroxyl groups is 1. The van der Waals surface area contributed by atoms with Gasteiger partial charge in [0.15, 0.2) is 0 Å². The third-order valence-electron chi connectivity index (χ3n) is 7.69. The minimum absolute atomic E-state index is 0.338. The molecule has 1 saturated heterocycles. The van der Waals surface area contributed by atoms with E-state index in [1.54, 1.807) is 20.0 Å². The van der Waals surface area contributed by atoms with Gasteiger partial charge in [0.05, 0.1) is 17.8 Å². The molecule has 1 aromatic heterocycles. The van der Waals surface area contributed by atoms with Gasteiger partial charge in [0.2, 0.25) is 0 Å². The number of carbonyl (C=O) groups excluding carboxylic acids is 1. The van der Waals surface area contributed by atoms with Gasteiger partial charge in [0.25, 0.3) is 0 Å². The Kier molecular flexibility index (Phi) is 8.48. The van der Waals surface area contributed by atoms with Gasteiger partial charge in [-0.2, -0.15) is 0 Å². The Morgan fingerprint density at radius 2 is 2.00 bits per heavy atom. The lowest BCUT2D eigenvalue weighted by molar-refractivity contribution is -0.109. The average Bonchev–Trinajstić information content (AvgIpc) is 3.33. The highest BCUT2D eigenvalue weighted by Crippen LogP contribution is 2.38. The highest BCUT2D eigenvalue weighted by atomic mass is 35.5. The van der Waals surface area contributed by atoms with Crippen LogP contribution in [0.3, 0.4) is 0 Å². The summed E-state index contributed by atoms with van der Waals surface area (Å²) in [7, 11) is 0. The number of hydrogen-bond donors (Lipinski definition) is 1. The van der Waals surface area contributed by atoms with Crippen LogP contribution in [0.2, 0.25) is 5.02 Å². The maximum atomic E-state index is 11.4. The second-order valence-corrected chi connectivity index (χ2v) is 11.4. The lowest BCUT2D eigenvalue weighted by Crippen LogP contribution is -2.38. The normalized spacial score (nSPS) is 18.5. The maximum Gasteiger partial charge on any atom is 0.134 e. The molecule has 1 fully saturated rings. The van der Waals surface area contributed by atoms with E-state index in [0.29, 0.717) is 19.2 Å². The molecule has 0 unspecified atom stereocenters. The number of fused-ring (bicyclic) bond motifs is 2. The summed E-state index contributed by atoms with van der Waals surface area (Å²) in [6.07, 6.45) is 7.00. The molecule has 7 heteroatoms. The molecule has 3 aromatic rings. The molecule has 0 saturated carbocycles. The van der Waals surface area contributed by atoms with Crippen molar-refractivity contribution >= 4 is 23.5 Å². The summed E-state index contributed by atoms with van der Waals surface area (Å²) in [5.41, 5.74) is 5.13. The van der Waals surface area contributed by atoms with Gasteiger partial charge in [-0.1, -0.05) is 41.9 Å². The molecule has 0 amide bonds. The SMILES string of the molecule is CC(C)(O)c1ccc2c(c1)/C(=C/CCN1CC[C@@H](N(CC=O)Cc3ccc(Cl)cc3)C1)c1cccnc1CO2. The first kappa shape index (κ1) is 27.5. The van der Waals surface area contributed by atoms with Gasteiger partial charge in [0, 0.05) is 48.0 Å². The van der Waals surface area contributed by atoms with E-state index in [4.69, 9.17) is 16.3 Å². The van der Waals surface area contributed by atoms with Crippen LogP contribution in [-0.4, -0.2) is 58.4 Å². The smallest absolute Gasteiger partial charge is 0.134 e. The third kappa shape index (κ3) is 6.59. The van der Waals surface area contributed by atoms with E-state index in [9.17, 15) is 9.90 Å². The van der Waals surface area contributed by atoms with Gasteiger partial charge in [0.1, 0.15) is 18.6 Å². The fourth-order valence-electron chi connectivity index (χ4n) is 5.52. The van der Waals surface area contributed by atoms with E-state index >= 15 is 0 Å². The number of benzene rings is 2. The number of aldehydes is 1. The minimum Gasteiger partial charge on any atom is -0.487 e. The summed E-state index contributed by atoms with van der Waals surface area (Å²) in [6, 6.07) is 18.2. The molecular formula is C32H36ClN3O3. The lowest BCUT2D eigenvalue weighted by atomic mass is 9.90. The van der Waals surface area contributed by atoms with E-state index in [-0.39, 0.29) is 0 Å². The number of aromatic nitrogens is 1. The fraction of sp³-hybridized carbons (Fsp3) is 0.375. The highest BCUT2D eigenvalue weighted by Gasteiger charge is 2.28. The minimum atomic E-state index is -0.950. The van der Waals surface area contributed by atoms with Gasteiger partial charge < -0.3 is 19.5 Å². The monoisotopic (exact) mass is 545 g/mol. The number of pyridine rings is 1. The Morgan fingerprint density at radius 3 is 2.77 bits per heavy atom. The molecule has 3 heterocycles. The van der Waals surface area contributed by atoms with Crippen molar-refractivity contribution in [2.75, 3.05) is 26.2 Å². The molecule has 0 radical (unpaired) electrons. The molecule has 39 heavy (non-hydrogen) atoms. The predicted octanol–water partition coefficient (Wildman–Crippen LogP) is 5.45. The van der Waals surface area contributed by atoms with Gasteiger partial charge >= 0.3 is 0 Å². The Morgan fingerprint density at radius 1 is 1.18 bits per heavy atom. The average molecular weight is 546 g/mol. The molecule has 0 aliphatic carbocycles. The largest absolute Gasteiger partial charge is 0.487 e. The molecule has 1 N–H and O–H groups in total. The van der Waals surface area contributed by atoms with E-state index in [1.165, 1.54) is 0 Å². The summed E-state index contributed by atoms with van der Waals surface area (Å²) >= 11 is 6.05. The summed E-state index contributed by atoms with van der Waals surface area (Å²) in [5.74, 6) is 0.806. The molecule has 1 atom stereocenters. The van der Waals surface area contributed by atoms with Gasteiger partial charge in [-0.3, -0.25) is 9.88 Å².